The molecule has 0 spiro atoms. The first-order chi connectivity index (χ1) is 10.2. The Labute approximate surface area is 125 Å². The average molecular weight is 284 g/mol. The Hall–Kier alpha value is -1.87. The van der Waals surface area contributed by atoms with Crippen LogP contribution in [0.25, 0.3) is 0 Å². The summed E-state index contributed by atoms with van der Waals surface area (Å²) in [6.07, 6.45) is 1.11. The van der Waals surface area contributed by atoms with Crippen LogP contribution in [0.4, 0.5) is 10.1 Å². The van der Waals surface area contributed by atoms with Gasteiger partial charge in [-0.25, -0.2) is 4.39 Å². The van der Waals surface area contributed by atoms with Gasteiger partial charge in [-0.15, -0.1) is 0 Å². The smallest absolute Gasteiger partial charge is 0.123 e. The number of hydrogen-bond acceptors (Lipinski definition) is 2. The second kappa shape index (κ2) is 6.27. The van der Waals surface area contributed by atoms with Crippen molar-refractivity contribution in [1.29, 1.82) is 0 Å². The zero-order chi connectivity index (χ0) is 14.7. The van der Waals surface area contributed by atoms with Crippen molar-refractivity contribution in [2.75, 3.05) is 25.5 Å². The number of fused-ring (bicyclic) bond motifs is 1. The maximum absolute atomic E-state index is 13.2. The number of benzene rings is 2. The number of anilines is 1. The molecule has 1 unspecified atom stereocenters. The minimum Gasteiger partial charge on any atom is -0.384 e. The van der Waals surface area contributed by atoms with E-state index < -0.39 is 0 Å². The lowest BCUT2D eigenvalue weighted by Gasteiger charge is -2.29. The Morgan fingerprint density at radius 1 is 1.19 bits per heavy atom. The van der Waals surface area contributed by atoms with Crippen molar-refractivity contribution < 1.29 is 4.39 Å². The summed E-state index contributed by atoms with van der Waals surface area (Å²) in [7, 11) is 2.10. The molecule has 3 heteroatoms. The molecule has 0 bridgehead atoms. The van der Waals surface area contributed by atoms with Crippen molar-refractivity contribution in [1.82, 2.24) is 4.90 Å². The van der Waals surface area contributed by atoms with Crippen molar-refractivity contribution in [3.63, 3.8) is 0 Å². The lowest BCUT2D eigenvalue weighted by Crippen LogP contribution is -2.33. The van der Waals surface area contributed by atoms with Crippen molar-refractivity contribution in [2.24, 2.45) is 5.92 Å². The quantitative estimate of drug-likeness (QED) is 0.924. The molecule has 3 rings (SSSR count). The molecule has 2 nitrogen and oxygen atoms in total. The van der Waals surface area contributed by atoms with E-state index in [1.807, 2.05) is 6.07 Å². The highest BCUT2D eigenvalue weighted by atomic mass is 19.1. The molecule has 1 atom stereocenters. The van der Waals surface area contributed by atoms with Crippen LogP contribution in [0.1, 0.15) is 11.1 Å². The van der Waals surface area contributed by atoms with Gasteiger partial charge in [0, 0.05) is 25.3 Å². The minimum atomic E-state index is -0.158. The van der Waals surface area contributed by atoms with Crippen LogP contribution in [0, 0.1) is 11.7 Å². The summed E-state index contributed by atoms with van der Waals surface area (Å²) in [6, 6.07) is 15.4. The molecule has 0 amide bonds. The summed E-state index contributed by atoms with van der Waals surface area (Å²) >= 11 is 0. The molecule has 0 saturated carbocycles. The molecule has 110 valence electrons. The van der Waals surface area contributed by atoms with E-state index in [9.17, 15) is 4.39 Å². The van der Waals surface area contributed by atoms with Gasteiger partial charge in [-0.1, -0.05) is 30.3 Å². The third-order valence-electron chi connectivity index (χ3n) is 4.02. The molecule has 0 fully saturated rings. The molecule has 21 heavy (non-hydrogen) atoms. The van der Waals surface area contributed by atoms with Gasteiger partial charge in [-0.05, 0) is 48.7 Å². The monoisotopic (exact) mass is 284 g/mol. The van der Waals surface area contributed by atoms with Crippen LogP contribution in [0.15, 0.2) is 48.5 Å². The van der Waals surface area contributed by atoms with Gasteiger partial charge in [-0.3, -0.25) is 0 Å². The number of nitrogens with zero attached hydrogens (tertiary/aromatic N) is 1. The predicted molar refractivity (Wildman–Crippen MR) is 84.9 cm³/mol. The predicted octanol–water partition coefficient (Wildman–Crippen LogP) is 3.54. The zero-order valence-electron chi connectivity index (χ0n) is 12.3. The normalized spacial score (nSPS) is 17.4. The largest absolute Gasteiger partial charge is 0.384 e. The lowest BCUT2D eigenvalue weighted by molar-refractivity contribution is 0.271. The standard InChI is InChI=1S/C18H21FN2/c1-21(12-14-5-4-7-17(19)10-14)13-15-9-16-6-2-3-8-18(16)20-11-15/h2-8,10,15,20H,9,11-13H2,1H3. The zero-order valence-corrected chi connectivity index (χ0v) is 12.3. The van der Waals surface area contributed by atoms with Crippen LogP contribution in [-0.4, -0.2) is 25.0 Å². The number of halogens is 1. The fraction of sp³-hybridized carbons (Fsp3) is 0.333. The molecule has 1 aliphatic heterocycles. The first-order valence-electron chi connectivity index (χ1n) is 7.45. The molecule has 2 aromatic carbocycles. The van der Waals surface area contributed by atoms with Crippen LogP contribution in [0.3, 0.4) is 0 Å². The van der Waals surface area contributed by atoms with E-state index in [0.717, 1.165) is 31.6 Å². The second-order valence-electron chi connectivity index (χ2n) is 5.93. The highest BCUT2D eigenvalue weighted by Crippen LogP contribution is 2.24. The Kier molecular flexibility index (Phi) is 4.20. The summed E-state index contributed by atoms with van der Waals surface area (Å²) < 4.78 is 13.2. The van der Waals surface area contributed by atoms with Gasteiger partial charge < -0.3 is 10.2 Å². The Morgan fingerprint density at radius 2 is 2.05 bits per heavy atom. The summed E-state index contributed by atoms with van der Waals surface area (Å²) in [5, 5.41) is 3.50. The van der Waals surface area contributed by atoms with Gasteiger partial charge in [0.05, 0.1) is 0 Å². The van der Waals surface area contributed by atoms with E-state index >= 15 is 0 Å². The Bertz CT molecular complexity index is 612. The Balaban J connectivity index is 1.57. The van der Waals surface area contributed by atoms with E-state index in [1.54, 1.807) is 12.1 Å². The van der Waals surface area contributed by atoms with Crippen molar-refractivity contribution in [3.8, 4) is 0 Å². The van der Waals surface area contributed by atoms with Crippen molar-refractivity contribution >= 4 is 5.69 Å². The first-order valence-corrected chi connectivity index (χ1v) is 7.45. The number of para-hydroxylation sites is 1. The van der Waals surface area contributed by atoms with Gasteiger partial charge in [0.25, 0.3) is 0 Å². The number of rotatable bonds is 4. The molecule has 1 aliphatic rings. The highest BCUT2D eigenvalue weighted by Gasteiger charge is 2.19. The van der Waals surface area contributed by atoms with Gasteiger partial charge in [-0.2, -0.15) is 0 Å². The first kappa shape index (κ1) is 14.1. The van der Waals surface area contributed by atoms with Crippen LogP contribution >= 0.6 is 0 Å². The number of nitrogens with one attached hydrogen (secondary N) is 1. The van der Waals surface area contributed by atoms with Gasteiger partial charge >= 0.3 is 0 Å². The average Bonchev–Trinajstić information content (AvgIpc) is 2.47. The molecule has 0 saturated heterocycles. The van der Waals surface area contributed by atoms with Crippen molar-refractivity contribution in [3.05, 3.63) is 65.5 Å². The molecule has 0 aromatic heterocycles. The molecular formula is C18H21FN2. The molecule has 0 aliphatic carbocycles. The van der Waals surface area contributed by atoms with E-state index in [2.05, 4.69) is 41.5 Å². The van der Waals surface area contributed by atoms with Crippen molar-refractivity contribution in [2.45, 2.75) is 13.0 Å². The summed E-state index contributed by atoms with van der Waals surface area (Å²) in [5.74, 6) is 0.438. The molecule has 1 heterocycles. The van der Waals surface area contributed by atoms with Crippen LogP contribution in [-0.2, 0) is 13.0 Å². The lowest BCUT2D eigenvalue weighted by atomic mass is 9.93. The van der Waals surface area contributed by atoms with Crippen LogP contribution in [0.2, 0.25) is 0 Å². The van der Waals surface area contributed by atoms with E-state index in [4.69, 9.17) is 0 Å². The van der Waals surface area contributed by atoms with Gasteiger partial charge in [0.15, 0.2) is 0 Å². The SMILES string of the molecule is CN(Cc1cccc(F)c1)CC1CNc2ccccc2C1. The van der Waals surface area contributed by atoms with Gasteiger partial charge in [0.1, 0.15) is 5.82 Å². The second-order valence-corrected chi connectivity index (χ2v) is 5.93. The topological polar surface area (TPSA) is 15.3 Å². The van der Waals surface area contributed by atoms with Crippen LogP contribution in [0.5, 0.6) is 0 Å². The maximum atomic E-state index is 13.2. The third kappa shape index (κ3) is 3.61. The summed E-state index contributed by atoms with van der Waals surface area (Å²) in [5.41, 5.74) is 3.69. The van der Waals surface area contributed by atoms with E-state index in [1.165, 1.54) is 17.3 Å². The van der Waals surface area contributed by atoms with E-state index in [0.29, 0.717) is 5.92 Å². The van der Waals surface area contributed by atoms with Gasteiger partial charge in [0.2, 0.25) is 0 Å². The fourth-order valence-electron chi connectivity index (χ4n) is 3.09. The molecule has 0 radical (unpaired) electrons. The minimum absolute atomic E-state index is 0.158. The molecule has 2 aromatic rings. The number of hydrogen-bond donors (Lipinski definition) is 1. The third-order valence-corrected chi connectivity index (χ3v) is 4.02. The molecular weight excluding hydrogens is 263 g/mol. The maximum Gasteiger partial charge on any atom is 0.123 e. The van der Waals surface area contributed by atoms with E-state index in [-0.39, 0.29) is 5.82 Å². The van der Waals surface area contributed by atoms with Crippen LogP contribution < -0.4 is 5.32 Å². The highest BCUT2D eigenvalue weighted by molar-refractivity contribution is 5.53. The Morgan fingerprint density at radius 3 is 2.90 bits per heavy atom. The summed E-state index contributed by atoms with van der Waals surface area (Å²) in [6.45, 7) is 2.80. The fourth-order valence-corrected chi connectivity index (χ4v) is 3.09. The summed E-state index contributed by atoms with van der Waals surface area (Å²) in [4.78, 5) is 2.27. The molecule has 1 N–H and O–H groups in total.